The summed E-state index contributed by atoms with van der Waals surface area (Å²) in [6.07, 6.45) is 6.07. The first kappa shape index (κ1) is 20.8. The lowest BCUT2D eigenvalue weighted by Gasteiger charge is -2.28. The smallest absolute Gasteiger partial charge is 0.228 e. The highest BCUT2D eigenvalue weighted by Gasteiger charge is 2.21. The number of pyridine rings is 1. The van der Waals surface area contributed by atoms with Crippen LogP contribution in [0.2, 0.25) is 0 Å². The molecule has 4 heterocycles. The molecule has 1 aromatic carbocycles. The van der Waals surface area contributed by atoms with Crippen LogP contribution in [0.25, 0.3) is 22.5 Å². The molecule has 0 atom stereocenters. The highest BCUT2D eigenvalue weighted by atomic mass is 16.5. The van der Waals surface area contributed by atoms with Crippen LogP contribution in [0.15, 0.2) is 61.1 Å². The third kappa shape index (κ3) is 4.44. The molecule has 0 spiro atoms. The van der Waals surface area contributed by atoms with Gasteiger partial charge in [-0.25, -0.2) is 4.98 Å². The molecule has 0 bridgehead atoms. The number of benzene rings is 1. The fourth-order valence-electron chi connectivity index (χ4n) is 3.76. The molecular weight excluding hydrogens is 418 g/mol. The van der Waals surface area contributed by atoms with Crippen LogP contribution in [-0.2, 0) is 11.8 Å². The van der Waals surface area contributed by atoms with E-state index in [0.717, 1.165) is 28.8 Å². The summed E-state index contributed by atoms with van der Waals surface area (Å²) in [7, 11) is 1.88. The van der Waals surface area contributed by atoms with Gasteiger partial charge in [-0.1, -0.05) is 18.2 Å². The maximum Gasteiger partial charge on any atom is 0.228 e. The van der Waals surface area contributed by atoms with Crippen LogP contribution in [0.1, 0.15) is 10.4 Å². The highest BCUT2D eigenvalue weighted by molar-refractivity contribution is 5.93. The van der Waals surface area contributed by atoms with Crippen molar-refractivity contribution in [3.8, 4) is 22.5 Å². The van der Waals surface area contributed by atoms with Gasteiger partial charge in [-0.3, -0.25) is 14.5 Å². The number of aromatic nitrogens is 5. The van der Waals surface area contributed by atoms with E-state index in [0.29, 0.717) is 49.3 Å². The van der Waals surface area contributed by atoms with Crippen LogP contribution in [0.3, 0.4) is 0 Å². The zero-order valence-electron chi connectivity index (χ0n) is 18.2. The van der Waals surface area contributed by atoms with E-state index in [-0.39, 0.29) is 0 Å². The van der Waals surface area contributed by atoms with Crippen molar-refractivity contribution in [3.63, 3.8) is 0 Å². The molecule has 0 unspecified atom stereocenters. The van der Waals surface area contributed by atoms with Gasteiger partial charge >= 0.3 is 0 Å². The molecule has 166 valence electrons. The highest BCUT2D eigenvalue weighted by Crippen LogP contribution is 2.32. The Morgan fingerprint density at radius 2 is 1.82 bits per heavy atom. The lowest BCUT2D eigenvalue weighted by molar-refractivity contribution is 0.112. The number of hydrogen-bond donors (Lipinski definition) is 1. The van der Waals surface area contributed by atoms with Crippen molar-refractivity contribution >= 4 is 23.7 Å². The molecule has 0 aliphatic carbocycles. The lowest BCUT2D eigenvalue weighted by atomic mass is 10.0. The van der Waals surface area contributed by atoms with Crippen LogP contribution < -0.4 is 10.2 Å². The Morgan fingerprint density at radius 1 is 1.03 bits per heavy atom. The first-order valence-electron chi connectivity index (χ1n) is 10.7. The molecule has 3 aromatic heterocycles. The molecule has 0 radical (unpaired) electrons. The predicted octanol–water partition coefficient (Wildman–Crippen LogP) is 3.33. The van der Waals surface area contributed by atoms with Crippen LogP contribution in [0.5, 0.6) is 0 Å². The monoisotopic (exact) mass is 441 g/mol. The fourth-order valence-corrected chi connectivity index (χ4v) is 3.76. The summed E-state index contributed by atoms with van der Waals surface area (Å²) < 4.78 is 7.25. The normalized spacial score (nSPS) is 13.7. The van der Waals surface area contributed by atoms with E-state index in [2.05, 4.69) is 20.3 Å². The second-order valence-corrected chi connectivity index (χ2v) is 7.67. The van der Waals surface area contributed by atoms with Gasteiger partial charge in [0.2, 0.25) is 5.95 Å². The van der Waals surface area contributed by atoms with Gasteiger partial charge in [-0.2, -0.15) is 10.1 Å². The van der Waals surface area contributed by atoms with Crippen molar-refractivity contribution in [1.82, 2.24) is 24.7 Å². The summed E-state index contributed by atoms with van der Waals surface area (Å²) in [5, 5.41) is 7.76. The number of nitrogens with one attached hydrogen (secondary N) is 1. The third-order valence-corrected chi connectivity index (χ3v) is 5.43. The van der Waals surface area contributed by atoms with E-state index < -0.39 is 0 Å². The van der Waals surface area contributed by atoms with Gasteiger partial charge in [0.05, 0.1) is 30.2 Å². The molecule has 1 N–H and O–H groups in total. The molecular formula is C24H23N7O2. The van der Waals surface area contributed by atoms with Crippen LogP contribution in [0.4, 0.5) is 17.5 Å². The summed E-state index contributed by atoms with van der Waals surface area (Å²) >= 11 is 0. The Kier molecular flexibility index (Phi) is 5.77. The first-order chi connectivity index (χ1) is 16.2. The van der Waals surface area contributed by atoms with Gasteiger partial charge < -0.3 is 15.0 Å². The van der Waals surface area contributed by atoms with Crippen molar-refractivity contribution in [1.29, 1.82) is 0 Å². The van der Waals surface area contributed by atoms with E-state index in [4.69, 9.17) is 14.7 Å². The molecule has 5 rings (SSSR count). The van der Waals surface area contributed by atoms with Crippen molar-refractivity contribution in [2.45, 2.75) is 0 Å². The van der Waals surface area contributed by atoms with Crippen molar-refractivity contribution < 1.29 is 9.53 Å². The largest absolute Gasteiger partial charge is 0.378 e. The number of ether oxygens (including phenoxy) is 1. The summed E-state index contributed by atoms with van der Waals surface area (Å²) in [6.45, 7) is 2.58. The maximum atomic E-state index is 12.3. The summed E-state index contributed by atoms with van der Waals surface area (Å²) in [6, 6.07) is 13.5. The number of aryl methyl sites for hydroxylation is 1. The second-order valence-electron chi connectivity index (χ2n) is 7.67. The summed E-state index contributed by atoms with van der Waals surface area (Å²) in [5.41, 5.74) is 4.35. The van der Waals surface area contributed by atoms with Crippen LogP contribution in [-0.4, -0.2) is 57.3 Å². The fraction of sp³-hybridized carbons (Fsp3) is 0.208. The Bertz CT molecular complexity index is 1270. The first-order valence-corrected chi connectivity index (χ1v) is 10.7. The Balaban J connectivity index is 1.63. The van der Waals surface area contributed by atoms with Crippen LogP contribution in [0, 0.1) is 0 Å². The van der Waals surface area contributed by atoms with Crippen molar-refractivity contribution in [2.75, 3.05) is 36.5 Å². The van der Waals surface area contributed by atoms with Gasteiger partial charge in [0, 0.05) is 55.5 Å². The molecule has 1 fully saturated rings. The molecule has 0 amide bonds. The number of hydrogen-bond acceptors (Lipinski definition) is 8. The van der Waals surface area contributed by atoms with Gasteiger partial charge in [0.1, 0.15) is 5.82 Å². The minimum absolute atomic E-state index is 0.391. The molecule has 33 heavy (non-hydrogen) atoms. The van der Waals surface area contributed by atoms with Gasteiger partial charge in [0.15, 0.2) is 6.29 Å². The van der Waals surface area contributed by atoms with Crippen molar-refractivity contribution in [3.05, 3.63) is 66.6 Å². The van der Waals surface area contributed by atoms with E-state index in [1.807, 2.05) is 55.7 Å². The zero-order valence-corrected chi connectivity index (χ0v) is 18.2. The van der Waals surface area contributed by atoms with Crippen molar-refractivity contribution in [2.24, 2.45) is 7.05 Å². The molecule has 4 aromatic rings. The number of rotatable bonds is 6. The Labute approximate surface area is 191 Å². The Hall–Kier alpha value is -4.11. The zero-order chi connectivity index (χ0) is 22.6. The second kappa shape index (κ2) is 9.17. The maximum absolute atomic E-state index is 12.3. The number of carbonyl (C=O) groups excluding carboxylic acids is 1. The molecule has 0 saturated carbocycles. The van der Waals surface area contributed by atoms with E-state index >= 15 is 0 Å². The lowest BCUT2D eigenvalue weighted by Crippen LogP contribution is -2.37. The summed E-state index contributed by atoms with van der Waals surface area (Å²) in [4.78, 5) is 27.9. The quantitative estimate of drug-likeness (QED) is 0.455. The number of aldehydes is 1. The topological polar surface area (TPSA) is 98.1 Å². The standard InChI is InChI=1S/C24H23N7O2/c1-30-10-7-21(29-30)17-3-2-4-18(15-17)22-20(16-32)23(26-19-5-8-25-9-6-19)28-24(27-22)31-11-13-33-14-12-31/h2-10,15-16H,11-14H2,1H3,(H,25,26,27,28). The minimum atomic E-state index is 0.391. The molecule has 1 saturated heterocycles. The predicted molar refractivity (Wildman–Crippen MR) is 126 cm³/mol. The molecule has 1 aliphatic heterocycles. The average molecular weight is 441 g/mol. The summed E-state index contributed by atoms with van der Waals surface area (Å²) in [5.74, 6) is 1.00. The molecule has 9 nitrogen and oxygen atoms in total. The van der Waals surface area contributed by atoms with E-state index in [1.165, 1.54) is 0 Å². The average Bonchev–Trinajstić information content (AvgIpc) is 3.31. The van der Waals surface area contributed by atoms with Gasteiger partial charge in [-0.15, -0.1) is 0 Å². The van der Waals surface area contributed by atoms with Gasteiger partial charge in [0.25, 0.3) is 0 Å². The van der Waals surface area contributed by atoms with Crippen LogP contribution >= 0.6 is 0 Å². The Morgan fingerprint density at radius 3 is 2.55 bits per heavy atom. The van der Waals surface area contributed by atoms with Gasteiger partial charge in [-0.05, 0) is 24.3 Å². The van der Waals surface area contributed by atoms with E-state index in [1.54, 1.807) is 17.1 Å². The molecule has 9 heteroatoms. The third-order valence-electron chi connectivity index (χ3n) is 5.43. The minimum Gasteiger partial charge on any atom is -0.378 e. The number of nitrogens with zero attached hydrogens (tertiary/aromatic N) is 6. The molecule has 1 aliphatic rings. The number of anilines is 3. The van der Waals surface area contributed by atoms with E-state index in [9.17, 15) is 4.79 Å². The number of carbonyl (C=O) groups is 1. The SMILES string of the molecule is Cn1ccc(-c2cccc(-c3nc(N4CCOCC4)nc(Nc4ccncc4)c3C=O)c2)n1. The number of morpholine rings is 1.